The van der Waals surface area contributed by atoms with Crippen LogP contribution in [0, 0.1) is 11.7 Å². The first-order valence-corrected chi connectivity index (χ1v) is 12.3. The second-order valence-electron chi connectivity index (χ2n) is 9.32. The van der Waals surface area contributed by atoms with Crippen LogP contribution in [0.5, 0.6) is 0 Å². The van der Waals surface area contributed by atoms with Gasteiger partial charge in [0.05, 0.1) is 13.2 Å². The van der Waals surface area contributed by atoms with Crippen LogP contribution in [0.3, 0.4) is 0 Å². The number of likely N-dealkylation sites (tertiary alicyclic amines) is 1. The number of nitrogens with one attached hydrogen (secondary N) is 1. The van der Waals surface area contributed by atoms with Crippen molar-refractivity contribution < 1.29 is 46.2 Å². The van der Waals surface area contributed by atoms with Crippen LogP contribution in [-0.4, -0.2) is 85.4 Å². The Morgan fingerprint density at radius 3 is 2.17 bits per heavy atom. The first kappa shape index (κ1) is 32.6. The van der Waals surface area contributed by atoms with E-state index in [4.69, 9.17) is 14.6 Å². The van der Waals surface area contributed by atoms with E-state index >= 15 is 0 Å². The monoisotopic (exact) mass is 573 g/mol. The zero-order valence-electron chi connectivity index (χ0n) is 22.1. The molecule has 3 rings (SSSR count). The molecule has 0 aromatic heterocycles. The Morgan fingerprint density at radius 1 is 1.07 bits per heavy atom. The number of carboxylic acids is 1. The van der Waals surface area contributed by atoms with E-state index in [2.05, 4.69) is 5.32 Å². The number of methoxy groups -OCH3 is 1. The highest BCUT2D eigenvalue weighted by molar-refractivity contribution is 5.97. The van der Waals surface area contributed by atoms with E-state index in [1.165, 1.54) is 29.2 Å². The van der Waals surface area contributed by atoms with Gasteiger partial charge in [-0.25, -0.2) is 18.4 Å². The number of carboxylic acid groups (broad SMARTS) is 1. The minimum Gasteiger partial charge on any atom is -0.475 e. The predicted octanol–water partition coefficient (Wildman–Crippen LogP) is 4.29. The molecule has 220 valence electrons. The van der Waals surface area contributed by atoms with Gasteiger partial charge >= 0.3 is 18.2 Å². The molecule has 40 heavy (non-hydrogen) atoms. The molecule has 1 saturated heterocycles. The fourth-order valence-corrected chi connectivity index (χ4v) is 3.96. The number of carbonyl (C=O) groups excluding carboxylic acids is 2. The van der Waals surface area contributed by atoms with Crippen LogP contribution in [0.4, 0.5) is 26.7 Å². The van der Waals surface area contributed by atoms with Crippen molar-refractivity contribution in [1.29, 1.82) is 0 Å². The van der Waals surface area contributed by atoms with Crippen LogP contribution >= 0.6 is 0 Å². The second-order valence-corrected chi connectivity index (χ2v) is 9.32. The Bertz CT molecular complexity index is 1110. The fraction of sp³-hybridized carbons (Fsp3) is 0.444. The number of halogens is 5. The normalized spacial score (nSPS) is 17.4. The van der Waals surface area contributed by atoms with E-state index in [-0.39, 0.29) is 30.8 Å². The van der Waals surface area contributed by atoms with Crippen molar-refractivity contribution in [3.05, 3.63) is 71.0 Å². The van der Waals surface area contributed by atoms with Crippen LogP contribution in [0.15, 0.2) is 48.5 Å². The summed E-state index contributed by atoms with van der Waals surface area (Å²) < 4.78 is 64.7. The van der Waals surface area contributed by atoms with Crippen LogP contribution in [-0.2, 0) is 22.7 Å². The molecule has 1 fully saturated rings. The van der Waals surface area contributed by atoms with Gasteiger partial charge in [-0.15, -0.1) is 0 Å². The fourth-order valence-electron chi connectivity index (χ4n) is 3.96. The first-order valence-electron chi connectivity index (χ1n) is 12.3. The van der Waals surface area contributed by atoms with Crippen LogP contribution in [0.25, 0.3) is 0 Å². The Morgan fingerprint density at radius 2 is 1.65 bits per heavy atom. The number of urea groups is 1. The number of piperidine rings is 1. The Balaban J connectivity index is 0.000000708. The summed E-state index contributed by atoms with van der Waals surface area (Å²) >= 11 is 0. The van der Waals surface area contributed by atoms with Crippen LogP contribution < -0.4 is 5.32 Å². The first-order chi connectivity index (χ1) is 18.8. The summed E-state index contributed by atoms with van der Waals surface area (Å²) in [6.45, 7) is 2.04. The van der Waals surface area contributed by atoms with E-state index in [0.29, 0.717) is 38.2 Å². The van der Waals surface area contributed by atoms with Gasteiger partial charge in [-0.05, 0) is 48.4 Å². The lowest BCUT2D eigenvalue weighted by Crippen LogP contribution is -2.48. The molecule has 1 aliphatic heterocycles. The highest BCUT2D eigenvalue weighted by atomic mass is 19.4. The number of aliphatic carboxylic acids is 1. The third-order valence-electron chi connectivity index (χ3n) is 6.17. The number of nitrogens with zero attached hydrogens (tertiary/aromatic N) is 2. The van der Waals surface area contributed by atoms with Crippen molar-refractivity contribution in [2.24, 2.45) is 5.92 Å². The Hall–Kier alpha value is -3.58. The number of ketones is 1. The molecule has 8 nitrogen and oxygen atoms in total. The maximum Gasteiger partial charge on any atom is 0.490 e. The van der Waals surface area contributed by atoms with Crippen molar-refractivity contribution in [2.75, 3.05) is 40.3 Å². The number of amides is 2. The number of alkyl halides is 4. The molecule has 0 radical (unpaired) electrons. The molecule has 2 aromatic carbocycles. The molecule has 13 heteroatoms. The molecule has 0 saturated carbocycles. The van der Waals surface area contributed by atoms with E-state index in [1.54, 1.807) is 19.1 Å². The van der Waals surface area contributed by atoms with Gasteiger partial charge in [-0.2, -0.15) is 13.2 Å². The number of Topliss-reactive ketones (excluding diaryl/α,β-unsaturated/α-hetero) is 1. The summed E-state index contributed by atoms with van der Waals surface area (Å²) in [4.78, 5) is 37.0. The van der Waals surface area contributed by atoms with Gasteiger partial charge in [0.15, 0.2) is 5.78 Å². The Kier molecular flexibility index (Phi) is 12.5. The van der Waals surface area contributed by atoms with Crippen molar-refractivity contribution in [3.8, 4) is 0 Å². The van der Waals surface area contributed by atoms with Crippen molar-refractivity contribution >= 4 is 17.8 Å². The molecule has 2 amide bonds. The molecule has 2 aromatic rings. The predicted molar refractivity (Wildman–Crippen MR) is 136 cm³/mol. The second kappa shape index (κ2) is 15.3. The largest absolute Gasteiger partial charge is 0.490 e. The smallest absolute Gasteiger partial charge is 0.475 e. The Labute approximate surface area is 228 Å². The average Bonchev–Trinajstić information content (AvgIpc) is 2.90. The van der Waals surface area contributed by atoms with Crippen LogP contribution in [0.2, 0.25) is 0 Å². The van der Waals surface area contributed by atoms with E-state index in [0.717, 1.165) is 11.1 Å². The number of hydrogen-bond acceptors (Lipinski definition) is 5. The molecule has 2 N–H and O–H groups in total. The third-order valence-corrected chi connectivity index (χ3v) is 6.17. The average molecular weight is 574 g/mol. The van der Waals surface area contributed by atoms with E-state index in [9.17, 15) is 31.5 Å². The molecular formula is C27H32F5N3O5. The SMILES string of the molecule is COCc1ccc(CNC(=O)N(C)CC2CCN(CC(=O)c3ccc(F)cc3)CC2F)cc1.O=C(O)C(F)(F)F. The highest BCUT2D eigenvalue weighted by Crippen LogP contribution is 2.22. The number of ether oxygens (including phenoxy) is 1. The summed E-state index contributed by atoms with van der Waals surface area (Å²) in [5.74, 6) is -3.60. The number of carbonyl (C=O) groups is 3. The molecule has 2 unspecified atom stereocenters. The van der Waals surface area contributed by atoms with E-state index < -0.39 is 24.1 Å². The standard InChI is InChI=1S/C25H31F2N3O3.C2HF3O2/c1-29(25(32)28-13-18-3-5-19(6-4-18)17-33-2)14-21-11-12-30(15-23(21)27)16-24(31)20-7-9-22(26)10-8-20;3-2(4,5)1(6)7/h3-10,21,23H,11-17H2,1-2H3,(H,28,32);(H,6,7). The van der Waals surface area contributed by atoms with Crippen molar-refractivity contribution in [1.82, 2.24) is 15.1 Å². The molecule has 0 spiro atoms. The minimum atomic E-state index is -5.08. The van der Waals surface area contributed by atoms with Crippen molar-refractivity contribution in [2.45, 2.75) is 31.9 Å². The lowest BCUT2D eigenvalue weighted by atomic mass is 9.94. The molecule has 1 heterocycles. The van der Waals surface area contributed by atoms with Gasteiger partial charge in [-0.3, -0.25) is 9.69 Å². The summed E-state index contributed by atoms with van der Waals surface area (Å²) in [7, 11) is 3.30. The third kappa shape index (κ3) is 10.9. The number of hydrogen-bond donors (Lipinski definition) is 2. The minimum absolute atomic E-state index is 0.0955. The molecule has 1 aliphatic rings. The maximum absolute atomic E-state index is 14.8. The summed E-state index contributed by atoms with van der Waals surface area (Å²) in [5.41, 5.74) is 2.45. The van der Waals surface area contributed by atoms with Crippen molar-refractivity contribution in [3.63, 3.8) is 0 Å². The van der Waals surface area contributed by atoms with Gasteiger partial charge in [0.25, 0.3) is 0 Å². The zero-order chi connectivity index (χ0) is 29.9. The lowest BCUT2D eigenvalue weighted by Gasteiger charge is -2.36. The molecule has 0 bridgehead atoms. The number of benzene rings is 2. The summed E-state index contributed by atoms with van der Waals surface area (Å²) in [6.07, 6.45) is -5.67. The maximum atomic E-state index is 14.8. The molecule has 0 aliphatic carbocycles. The summed E-state index contributed by atoms with van der Waals surface area (Å²) in [6, 6.07) is 12.9. The summed E-state index contributed by atoms with van der Waals surface area (Å²) in [5, 5.41) is 9.99. The quantitative estimate of drug-likeness (QED) is 0.343. The van der Waals surface area contributed by atoms with Gasteiger partial charge in [0.1, 0.15) is 12.0 Å². The van der Waals surface area contributed by atoms with Gasteiger partial charge in [-0.1, -0.05) is 24.3 Å². The van der Waals surface area contributed by atoms with Gasteiger partial charge in [0.2, 0.25) is 0 Å². The molecular weight excluding hydrogens is 541 g/mol. The van der Waals surface area contributed by atoms with Crippen LogP contribution in [0.1, 0.15) is 27.9 Å². The topological polar surface area (TPSA) is 99.2 Å². The zero-order valence-corrected chi connectivity index (χ0v) is 22.1. The molecule has 2 atom stereocenters. The van der Waals surface area contributed by atoms with Gasteiger partial charge in [0, 0.05) is 45.3 Å². The van der Waals surface area contributed by atoms with Gasteiger partial charge < -0.3 is 20.1 Å². The number of rotatable bonds is 9. The highest BCUT2D eigenvalue weighted by Gasteiger charge is 2.38. The lowest BCUT2D eigenvalue weighted by molar-refractivity contribution is -0.192. The van der Waals surface area contributed by atoms with E-state index in [1.807, 2.05) is 24.3 Å².